The zero-order valence-corrected chi connectivity index (χ0v) is 15.2. The largest absolute Gasteiger partial charge is 0.388 e. The van der Waals surface area contributed by atoms with Crippen LogP contribution in [-0.4, -0.2) is 30.1 Å². The van der Waals surface area contributed by atoms with Crippen molar-refractivity contribution >= 4 is 23.4 Å². The highest BCUT2D eigenvalue weighted by atomic mass is 35.5. The van der Waals surface area contributed by atoms with Gasteiger partial charge in [-0.2, -0.15) is 0 Å². The Bertz CT molecular complexity index is 704. The van der Waals surface area contributed by atoms with E-state index in [4.69, 9.17) is 11.6 Å². The third kappa shape index (κ3) is 4.12. The summed E-state index contributed by atoms with van der Waals surface area (Å²) in [5, 5.41) is 11.5. The van der Waals surface area contributed by atoms with Crippen molar-refractivity contribution in [2.75, 3.05) is 20.1 Å². The first kappa shape index (κ1) is 17.7. The van der Waals surface area contributed by atoms with Crippen LogP contribution in [0.2, 0.25) is 5.02 Å². The molecule has 0 aliphatic carbocycles. The number of aliphatic hydroxyl groups is 1. The Morgan fingerprint density at radius 2 is 1.88 bits per heavy atom. The second-order valence-electron chi connectivity index (χ2n) is 6.30. The van der Waals surface area contributed by atoms with E-state index in [1.807, 2.05) is 18.2 Å². The van der Waals surface area contributed by atoms with E-state index in [2.05, 4.69) is 11.9 Å². The lowest BCUT2D eigenvalue weighted by atomic mass is 9.87. The summed E-state index contributed by atoms with van der Waals surface area (Å²) in [6.07, 6.45) is 1.33. The average Bonchev–Trinajstić information content (AvgIpc) is 2.58. The summed E-state index contributed by atoms with van der Waals surface area (Å²) in [6, 6.07) is 12.2. The Morgan fingerprint density at radius 3 is 2.58 bits per heavy atom. The van der Waals surface area contributed by atoms with Gasteiger partial charge in [0.25, 0.3) is 0 Å². The lowest BCUT2D eigenvalue weighted by Gasteiger charge is -2.32. The van der Waals surface area contributed by atoms with Crippen LogP contribution in [0, 0.1) is 11.7 Å². The van der Waals surface area contributed by atoms with Crippen molar-refractivity contribution in [1.29, 1.82) is 0 Å². The Labute approximate surface area is 151 Å². The zero-order chi connectivity index (χ0) is 17.1. The molecular weight excluding hydrogens is 345 g/mol. The number of likely N-dealkylation sites (tertiary alicyclic amines) is 1. The summed E-state index contributed by atoms with van der Waals surface area (Å²) in [7, 11) is 2.10. The van der Waals surface area contributed by atoms with Gasteiger partial charge in [-0.3, -0.25) is 0 Å². The minimum Gasteiger partial charge on any atom is -0.388 e. The summed E-state index contributed by atoms with van der Waals surface area (Å²) in [6.45, 7) is 1.97. The van der Waals surface area contributed by atoms with Crippen molar-refractivity contribution in [3.05, 3.63) is 58.9 Å². The van der Waals surface area contributed by atoms with Crippen LogP contribution >= 0.6 is 23.4 Å². The number of rotatable bonds is 4. The number of hydrogen-bond donors (Lipinski definition) is 1. The van der Waals surface area contributed by atoms with Crippen molar-refractivity contribution in [1.82, 2.24) is 4.90 Å². The summed E-state index contributed by atoms with van der Waals surface area (Å²) in [4.78, 5) is 3.68. The van der Waals surface area contributed by atoms with E-state index in [0.717, 1.165) is 36.4 Å². The molecule has 1 atom stereocenters. The van der Waals surface area contributed by atoms with E-state index in [9.17, 15) is 9.50 Å². The number of nitrogens with zero attached hydrogens (tertiary/aromatic N) is 1. The molecule has 1 N–H and O–H groups in total. The van der Waals surface area contributed by atoms with Crippen LogP contribution in [-0.2, 0) is 0 Å². The highest BCUT2D eigenvalue weighted by Gasteiger charge is 2.27. The predicted molar refractivity (Wildman–Crippen MR) is 97.2 cm³/mol. The molecule has 1 aliphatic heterocycles. The fourth-order valence-electron chi connectivity index (χ4n) is 3.09. The molecule has 0 saturated carbocycles. The molecular formula is C19H21ClFNOS. The first-order chi connectivity index (χ1) is 11.5. The number of hydrogen-bond acceptors (Lipinski definition) is 3. The second-order valence-corrected chi connectivity index (χ2v) is 7.82. The van der Waals surface area contributed by atoms with Crippen LogP contribution in [0.4, 0.5) is 4.39 Å². The molecule has 1 unspecified atom stereocenters. The van der Waals surface area contributed by atoms with Gasteiger partial charge in [-0.1, -0.05) is 35.5 Å². The quantitative estimate of drug-likeness (QED) is 0.824. The molecule has 0 bridgehead atoms. The van der Waals surface area contributed by atoms with Crippen LogP contribution in [0.15, 0.2) is 52.3 Å². The Kier molecular flexibility index (Phi) is 5.82. The molecule has 1 saturated heterocycles. The summed E-state index contributed by atoms with van der Waals surface area (Å²) >= 11 is 7.49. The van der Waals surface area contributed by atoms with Gasteiger partial charge in [0.1, 0.15) is 5.82 Å². The third-order valence-corrected chi connectivity index (χ3v) is 5.93. The average molecular weight is 366 g/mol. The Balaban J connectivity index is 1.87. The molecule has 1 heterocycles. The minimum absolute atomic E-state index is 0.208. The molecule has 3 rings (SSSR count). The van der Waals surface area contributed by atoms with Crippen molar-refractivity contribution in [3.63, 3.8) is 0 Å². The van der Waals surface area contributed by atoms with Gasteiger partial charge in [-0.25, -0.2) is 4.39 Å². The fraction of sp³-hybridized carbons (Fsp3) is 0.368. The standard InChI is InChI=1S/C19H21ClFNOS/c1-22-10-8-13(9-11-22)19(23)15-12-14(20)6-7-17(15)24-18-5-3-2-4-16(18)21/h2-7,12-13,19,23H,8-11H2,1H3. The van der Waals surface area contributed by atoms with Crippen molar-refractivity contribution in [2.45, 2.75) is 28.7 Å². The molecule has 24 heavy (non-hydrogen) atoms. The highest BCUT2D eigenvalue weighted by molar-refractivity contribution is 7.99. The van der Waals surface area contributed by atoms with E-state index in [1.54, 1.807) is 18.2 Å². The van der Waals surface area contributed by atoms with E-state index >= 15 is 0 Å². The lowest BCUT2D eigenvalue weighted by Crippen LogP contribution is -2.32. The SMILES string of the molecule is CN1CCC(C(O)c2cc(Cl)ccc2Sc2ccccc2F)CC1. The predicted octanol–water partition coefficient (Wildman–Crippen LogP) is 5.01. The molecule has 0 amide bonds. The van der Waals surface area contributed by atoms with E-state index in [0.29, 0.717) is 9.92 Å². The molecule has 128 valence electrons. The zero-order valence-electron chi connectivity index (χ0n) is 13.6. The molecule has 0 spiro atoms. The maximum absolute atomic E-state index is 14.0. The maximum atomic E-state index is 14.0. The van der Waals surface area contributed by atoms with Gasteiger partial charge in [-0.05, 0) is 74.8 Å². The van der Waals surface area contributed by atoms with Gasteiger partial charge < -0.3 is 10.0 Å². The molecule has 0 radical (unpaired) electrons. The molecule has 1 fully saturated rings. The van der Waals surface area contributed by atoms with Gasteiger partial charge in [0.2, 0.25) is 0 Å². The van der Waals surface area contributed by atoms with Crippen LogP contribution in [0.1, 0.15) is 24.5 Å². The van der Waals surface area contributed by atoms with Crippen molar-refractivity contribution in [3.8, 4) is 0 Å². The summed E-state index contributed by atoms with van der Waals surface area (Å²) < 4.78 is 14.0. The topological polar surface area (TPSA) is 23.5 Å². The molecule has 5 heteroatoms. The fourth-order valence-corrected chi connectivity index (χ4v) is 4.25. The number of piperidine rings is 1. The maximum Gasteiger partial charge on any atom is 0.137 e. The van der Waals surface area contributed by atoms with Crippen molar-refractivity contribution < 1.29 is 9.50 Å². The Hall–Kier alpha value is -1.07. The van der Waals surface area contributed by atoms with Crippen LogP contribution in [0.25, 0.3) is 0 Å². The monoisotopic (exact) mass is 365 g/mol. The first-order valence-corrected chi connectivity index (χ1v) is 9.32. The molecule has 0 aromatic heterocycles. The third-order valence-electron chi connectivity index (χ3n) is 4.56. The Morgan fingerprint density at radius 1 is 1.17 bits per heavy atom. The van der Waals surface area contributed by atoms with E-state index < -0.39 is 6.10 Å². The highest BCUT2D eigenvalue weighted by Crippen LogP contribution is 2.40. The summed E-state index contributed by atoms with van der Waals surface area (Å²) in [5.74, 6) is -0.0446. The van der Waals surface area contributed by atoms with Gasteiger partial charge in [0.15, 0.2) is 0 Å². The number of halogens is 2. The van der Waals surface area contributed by atoms with Crippen LogP contribution < -0.4 is 0 Å². The lowest BCUT2D eigenvalue weighted by molar-refractivity contribution is 0.0639. The van der Waals surface area contributed by atoms with E-state index in [1.165, 1.54) is 17.8 Å². The smallest absolute Gasteiger partial charge is 0.137 e. The number of benzene rings is 2. The molecule has 2 aromatic carbocycles. The van der Waals surface area contributed by atoms with Gasteiger partial charge in [0, 0.05) is 14.8 Å². The van der Waals surface area contributed by atoms with Gasteiger partial charge >= 0.3 is 0 Å². The van der Waals surface area contributed by atoms with E-state index in [-0.39, 0.29) is 11.7 Å². The van der Waals surface area contributed by atoms with Crippen LogP contribution in [0.5, 0.6) is 0 Å². The summed E-state index contributed by atoms with van der Waals surface area (Å²) in [5.41, 5.74) is 0.797. The second kappa shape index (κ2) is 7.87. The number of aliphatic hydroxyl groups excluding tert-OH is 1. The molecule has 2 nitrogen and oxygen atoms in total. The minimum atomic E-state index is -0.577. The van der Waals surface area contributed by atoms with Gasteiger partial charge in [0.05, 0.1) is 6.10 Å². The first-order valence-electron chi connectivity index (χ1n) is 8.13. The van der Waals surface area contributed by atoms with Gasteiger partial charge in [-0.15, -0.1) is 0 Å². The molecule has 1 aliphatic rings. The normalized spacial score (nSPS) is 17.8. The molecule has 2 aromatic rings. The van der Waals surface area contributed by atoms with Crippen molar-refractivity contribution in [2.24, 2.45) is 5.92 Å². The van der Waals surface area contributed by atoms with Crippen LogP contribution in [0.3, 0.4) is 0 Å².